The van der Waals surface area contributed by atoms with Crippen LogP contribution in [0.3, 0.4) is 0 Å². The van der Waals surface area contributed by atoms with Crippen LogP contribution < -0.4 is 4.74 Å². The quantitative estimate of drug-likeness (QED) is 0.543. The predicted molar refractivity (Wildman–Crippen MR) is 126 cm³/mol. The summed E-state index contributed by atoms with van der Waals surface area (Å²) in [4.78, 5) is 17.3. The first-order valence-corrected chi connectivity index (χ1v) is 13.7. The summed E-state index contributed by atoms with van der Waals surface area (Å²) in [6, 6.07) is 4.14. The Hall–Kier alpha value is -1.85. The van der Waals surface area contributed by atoms with Gasteiger partial charge in [-0.15, -0.1) is 13.2 Å². The Morgan fingerprint density at radius 2 is 1.51 bits per heavy atom. The van der Waals surface area contributed by atoms with Crippen molar-refractivity contribution in [1.29, 1.82) is 0 Å². The Bertz CT molecular complexity index is 951. The molecule has 7 nitrogen and oxygen atoms in total. The standard InChI is InChI=1S/C24H36F3N3O4S/c1-17(2)28-13-15-29(16-14-28)23(31)19-5-7-20(8-6-19)30(18(3)4)35(32,33)22-11-9-21(10-12-22)34-24(25,26)27/h9-12,17-20H,5-8,13-16H2,1-4H3/t19-,20-. The molecule has 198 valence electrons. The van der Waals surface area contributed by atoms with Gasteiger partial charge >= 0.3 is 6.36 Å². The lowest BCUT2D eigenvalue weighted by molar-refractivity contribution is -0.274. The Kier molecular flexibility index (Phi) is 8.75. The highest BCUT2D eigenvalue weighted by molar-refractivity contribution is 7.89. The van der Waals surface area contributed by atoms with Crippen molar-refractivity contribution in [3.8, 4) is 5.75 Å². The minimum Gasteiger partial charge on any atom is -0.406 e. The van der Waals surface area contributed by atoms with Crippen molar-refractivity contribution in [2.24, 2.45) is 5.92 Å². The summed E-state index contributed by atoms with van der Waals surface area (Å²) >= 11 is 0. The van der Waals surface area contributed by atoms with Gasteiger partial charge in [0.05, 0.1) is 4.90 Å². The first-order chi connectivity index (χ1) is 16.3. The minimum absolute atomic E-state index is 0.0815. The van der Waals surface area contributed by atoms with Crippen molar-refractivity contribution >= 4 is 15.9 Å². The van der Waals surface area contributed by atoms with E-state index in [9.17, 15) is 26.4 Å². The molecule has 1 aromatic rings. The van der Waals surface area contributed by atoms with Gasteiger partial charge in [0.1, 0.15) is 5.75 Å². The van der Waals surface area contributed by atoms with Crippen LogP contribution in [0, 0.1) is 5.92 Å². The number of rotatable bonds is 7. The Morgan fingerprint density at radius 1 is 0.971 bits per heavy atom. The van der Waals surface area contributed by atoms with Gasteiger partial charge < -0.3 is 9.64 Å². The Labute approximate surface area is 206 Å². The van der Waals surface area contributed by atoms with E-state index in [1.165, 1.54) is 4.31 Å². The molecule has 0 aromatic heterocycles. The molecule has 1 saturated carbocycles. The molecule has 1 aliphatic carbocycles. The zero-order valence-corrected chi connectivity index (χ0v) is 21.6. The lowest BCUT2D eigenvalue weighted by Gasteiger charge is -2.41. The van der Waals surface area contributed by atoms with Crippen LogP contribution in [0.2, 0.25) is 0 Å². The van der Waals surface area contributed by atoms with Crippen molar-refractivity contribution < 1.29 is 31.1 Å². The topological polar surface area (TPSA) is 70.2 Å². The van der Waals surface area contributed by atoms with E-state index >= 15 is 0 Å². The van der Waals surface area contributed by atoms with Gasteiger partial charge in [0.2, 0.25) is 15.9 Å². The highest BCUT2D eigenvalue weighted by atomic mass is 32.2. The number of carbonyl (C=O) groups is 1. The molecular weight excluding hydrogens is 483 g/mol. The number of piperazine rings is 1. The number of amides is 1. The number of hydrogen-bond acceptors (Lipinski definition) is 5. The maximum absolute atomic E-state index is 13.4. The molecule has 35 heavy (non-hydrogen) atoms. The number of benzene rings is 1. The monoisotopic (exact) mass is 519 g/mol. The fourth-order valence-electron chi connectivity index (χ4n) is 5.12. The van der Waals surface area contributed by atoms with Gasteiger partial charge in [-0.3, -0.25) is 9.69 Å². The normalized spacial score (nSPS) is 22.7. The van der Waals surface area contributed by atoms with E-state index in [-0.39, 0.29) is 28.8 Å². The molecule has 2 aliphatic rings. The van der Waals surface area contributed by atoms with Crippen molar-refractivity contribution in [2.45, 2.75) is 82.8 Å². The Balaban J connectivity index is 1.64. The third-order valence-electron chi connectivity index (χ3n) is 6.90. The van der Waals surface area contributed by atoms with Crippen LogP contribution >= 0.6 is 0 Å². The van der Waals surface area contributed by atoms with Crippen LogP contribution in [-0.2, 0) is 14.8 Å². The average Bonchev–Trinajstić information content (AvgIpc) is 2.78. The number of carbonyl (C=O) groups excluding carboxylic acids is 1. The third kappa shape index (κ3) is 6.89. The minimum atomic E-state index is -4.84. The number of alkyl halides is 3. The van der Waals surface area contributed by atoms with Crippen molar-refractivity contribution in [3.63, 3.8) is 0 Å². The number of halogens is 3. The van der Waals surface area contributed by atoms with Crippen LogP contribution in [0.1, 0.15) is 53.4 Å². The van der Waals surface area contributed by atoms with E-state index in [1.54, 1.807) is 13.8 Å². The van der Waals surface area contributed by atoms with Crippen molar-refractivity contribution in [1.82, 2.24) is 14.1 Å². The molecule has 2 fully saturated rings. The maximum atomic E-state index is 13.4. The summed E-state index contributed by atoms with van der Waals surface area (Å²) in [6.45, 7) is 11.0. The molecule has 11 heteroatoms. The fourth-order valence-corrected chi connectivity index (χ4v) is 7.01. The molecule has 1 heterocycles. The van der Waals surface area contributed by atoms with Gasteiger partial charge in [0, 0.05) is 50.2 Å². The van der Waals surface area contributed by atoms with E-state index in [0.29, 0.717) is 31.7 Å². The van der Waals surface area contributed by atoms with Crippen LogP contribution in [0.4, 0.5) is 13.2 Å². The van der Waals surface area contributed by atoms with E-state index < -0.39 is 22.1 Å². The molecule has 0 unspecified atom stereocenters. The number of hydrogen-bond donors (Lipinski definition) is 0. The van der Waals surface area contributed by atoms with Gasteiger partial charge in [-0.25, -0.2) is 8.42 Å². The fraction of sp³-hybridized carbons (Fsp3) is 0.708. The molecule has 0 N–H and O–H groups in total. The molecule has 0 spiro atoms. The highest BCUT2D eigenvalue weighted by Crippen LogP contribution is 2.34. The molecule has 1 aliphatic heterocycles. The molecule has 1 saturated heterocycles. The van der Waals surface area contributed by atoms with E-state index in [0.717, 1.165) is 50.4 Å². The van der Waals surface area contributed by atoms with Gasteiger partial charge in [-0.05, 0) is 77.6 Å². The number of sulfonamides is 1. The summed E-state index contributed by atoms with van der Waals surface area (Å²) in [5.74, 6) is -0.417. The number of nitrogens with zero attached hydrogens (tertiary/aromatic N) is 3. The summed E-state index contributed by atoms with van der Waals surface area (Å²) in [7, 11) is -3.94. The van der Waals surface area contributed by atoms with E-state index in [2.05, 4.69) is 23.5 Å². The van der Waals surface area contributed by atoms with Crippen LogP contribution in [0.5, 0.6) is 5.75 Å². The van der Waals surface area contributed by atoms with Crippen LogP contribution in [-0.4, -0.2) is 79.1 Å². The van der Waals surface area contributed by atoms with Crippen molar-refractivity contribution in [3.05, 3.63) is 24.3 Å². The van der Waals surface area contributed by atoms with Gasteiger partial charge in [-0.1, -0.05) is 0 Å². The van der Waals surface area contributed by atoms with E-state index in [4.69, 9.17) is 0 Å². The van der Waals surface area contributed by atoms with Gasteiger partial charge in [-0.2, -0.15) is 4.31 Å². The molecule has 1 aromatic carbocycles. The second kappa shape index (κ2) is 11.0. The van der Waals surface area contributed by atoms with E-state index in [1.807, 2.05) is 4.90 Å². The second-order valence-electron chi connectivity index (χ2n) is 9.91. The third-order valence-corrected chi connectivity index (χ3v) is 9.05. The first-order valence-electron chi connectivity index (χ1n) is 12.2. The zero-order chi connectivity index (χ0) is 26.0. The van der Waals surface area contributed by atoms with Gasteiger partial charge in [0.15, 0.2) is 0 Å². The van der Waals surface area contributed by atoms with Crippen LogP contribution in [0.25, 0.3) is 0 Å². The number of ether oxygens (including phenoxy) is 1. The molecule has 1 amide bonds. The highest BCUT2D eigenvalue weighted by Gasteiger charge is 2.39. The second-order valence-corrected chi connectivity index (χ2v) is 11.8. The molecule has 3 rings (SSSR count). The lowest BCUT2D eigenvalue weighted by Crippen LogP contribution is -2.53. The predicted octanol–water partition coefficient (Wildman–Crippen LogP) is 4.10. The largest absolute Gasteiger partial charge is 0.573 e. The van der Waals surface area contributed by atoms with Gasteiger partial charge in [0.25, 0.3) is 0 Å². The first kappa shape index (κ1) is 27.7. The Morgan fingerprint density at radius 3 is 1.97 bits per heavy atom. The molecule has 0 bridgehead atoms. The van der Waals surface area contributed by atoms with Crippen LogP contribution in [0.15, 0.2) is 29.2 Å². The van der Waals surface area contributed by atoms with Crippen molar-refractivity contribution in [2.75, 3.05) is 26.2 Å². The average molecular weight is 520 g/mol. The summed E-state index contributed by atoms with van der Waals surface area (Å²) in [5, 5.41) is 0. The summed E-state index contributed by atoms with van der Waals surface area (Å²) < 4.78 is 69.4. The zero-order valence-electron chi connectivity index (χ0n) is 20.8. The SMILES string of the molecule is CC(C)N1CCN(C(=O)[C@H]2CC[C@H](N(C(C)C)S(=O)(=O)c3ccc(OC(F)(F)F)cc3)CC2)CC1. The summed E-state index contributed by atoms with van der Waals surface area (Å²) in [6.07, 6.45) is -2.48. The smallest absolute Gasteiger partial charge is 0.406 e. The summed E-state index contributed by atoms with van der Waals surface area (Å²) in [5.41, 5.74) is 0. The maximum Gasteiger partial charge on any atom is 0.573 e. The molecule has 0 atom stereocenters. The lowest BCUT2D eigenvalue weighted by atomic mass is 9.84. The molecule has 0 radical (unpaired) electrons. The molecular formula is C24H36F3N3O4S.